The lowest BCUT2D eigenvalue weighted by molar-refractivity contribution is -0.137. The summed E-state index contributed by atoms with van der Waals surface area (Å²) >= 11 is 0. The van der Waals surface area contributed by atoms with E-state index in [4.69, 9.17) is 0 Å². The summed E-state index contributed by atoms with van der Waals surface area (Å²) in [5, 5.41) is 3.35. The Bertz CT molecular complexity index is 868. The molecule has 0 aromatic heterocycles. The first-order valence-electron chi connectivity index (χ1n) is 12.4. The van der Waals surface area contributed by atoms with E-state index >= 15 is 0 Å². The van der Waals surface area contributed by atoms with Gasteiger partial charge in [0.2, 0.25) is 5.91 Å². The Hall–Kier alpha value is -2.05. The van der Waals surface area contributed by atoms with Crippen molar-refractivity contribution < 1.29 is 22.8 Å². The van der Waals surface area contributed by atoms with Crippen molar-refractivity contribution in [3.05, 3.63) is 35.4 Å². The Kier molecular flexibility index (Phi) is 5.73. The van der Waals surface area contributed by atoms with Crippen LogP contribution >= 0.6 is 0 Å². The maximum atomic E-state index is 13.1. The Morgan fingerprint density at radius 1 is 0.970 bits per heavy atom. The Morgan fingerprint density at radius 3 is 1.97 bits per heavy atom. The lowest BCUT2D eigenvalue weighted by Gasteiger charge is -2.59. The second-order valence-corrected chi connectivity index (χ2v) is 11.2. The molecule has 5 aliphatic rings. The maximum absolute atomic E-state index is 13.1. The van der Waals surface area contributed by atoms with Gasteiger partial charge in [0, 0.05) is 30.6 Å². The fourth-order valence-corrected chi connectivity index (χ4v) is 7.52. The molecule has 1 atom stereocenters. The molecule has 4 nitrogen and oxygen atoms in total. The molecule has 1 saturated heterocycles. The molecule has 6 rings (SSSR count). The zero-order valence-electron chi connectivity index (χ0n) is 19.2. The van der Waals surface area contributed by atoms with Gasteiger partial charge in [0.15, 0.2) is 0 Å². The summed E-state index contributed by atoms with van der Waals surface area (Å²) in [5.74, 6) is 2.24. The highest BCUT2D eigenvalue weighted by atomic mass is 19.4. The molecule has 1 aromatic carbocycles. The second kappa shape index (κ2) is 8.31. The first-order valence-corrected chi connectivity index (χ1v) is 12.4. The second-order valence-electron chi connectivity index (χ2n) is 11.2. The van der Waals surface area contributed by atoms with Crippen molar-refractivity contribution in [2.75, 3.05) is 13.1 Å². The van der Waals surface area contributed by atoms with E-state index in [1.54, 1.807) is 4.90 Å². The molecule has 4 saturated carbocycles. The molecule has 1 aliphatic heterocycles. The van der Waals surface area contributed by atoms with Crippen molar-refractivity contribution in [1.82, 2.24) is 10.2 Å². The first kappa shape index (κ1) is 22.7. The number of carbonyl (C=O) groups excluding carboxylic acids is 2. The zero-order chi connectivity index (χ0) is 23.4. The van der Waals surface area contributed by atoms with Gasteiger partial charge in [-0.2, -0.15) is 13.2 Å². The summed E-state index contributed by atoms with van der Waals surface area (Å²) < 4.78 is 38.3. The monoisotopic (exact) mass is 462 g/mol. The van der Waals surface area contributed by atoms with Gasteiger partial charge in [0.1, 0.15) is 0 Å². The number of benzene rings is 1. The summed E-state index contributed by atoms with van der Waals surface area (Å²) in [6, 6.07) is 4.54. The molecule has 4 aliphatic carbocycles. The summed E-state index contributed by atoms with van der Waals surface area (Å²) in [6.07, 6.45) is 4.65. The minimum Gasteiger partial charge on any atom is -0.353 e. The van der Waals surface area contributed by atoms with Gasteiger partial charge in [-0.15, -0.1) is 0 Å². The number of carbonyl (C=O) groups is 2. The molecule has 180 valence electrons. The summed E-state index contributed by atoms with van der Waals surface area (Å²) in [5.41, 5.74) is -0.243. The molecular formula is C26H33F3N2O2. The predicted molar refractivity (Wildman–Crippen MR) is 118 cm³/mol. The summed E-state index contributed by atoms with van der Waals surface area (Å²) in [7, 11) is 0. The molecule has 5 fully saturated rings. The van der Waals surface area contributed by atoms with Gasteiger partial charge in [0.05, 0.1) is 5.56 Å². The van der Waals surface area contributed by atoms with E-state index in [0.29, 0.717) is 25.9 Å². The molecule has 33 heavy (non-hydrogen) atoms. The average Bonchev–Trinajstić information content (AvgIpc) is 2.77. The highest BCUT2D eigenvalue weighted by molar-refractivity contribution is 5.94. The van der Waals surface area contributed by atoms with Crippen LogP contribution in [0, 0.1) is 29.1 Å². The molecule has 0 radical (unpaired) electrons. The lowest BCUT2D eigenvalue weighted by Crippen LogP contribution is -2.56. The van der Waals surface area contributed by atoms with Crippen LogP contribution in [0.25, 0.3) is 0 Å². The van der Waals surface area contributed by atoms with Gasteiger partial charge in [-0.1, -0.05) is 0 Å². The smallest absolute Gasteiger partial charge is 0.353 e. The van der Waals surface area contributed by atoms with Crippen molar-refractivity contribution >= 4 is 11.8 Å². The first-order chi connectivity index (χ1) is 15.6. The fourth-order valence-electron chi connectivity index (χ4n) is 7.52. The van der Waals surface area contributed by atoms with E-state index in [9.17, 15) is 22.8 Å². The number of alkyl halides is 3. The Labute approximate surface area is 193 Å². The third-order valence-corrected chi connectivity index (χ3v) is 8.98. The molecule has 0 spiro atoms. The molecule has 1 heterocycles. The van der Waals surface area contributed by atoms with Crippen molar-refractivity contribution in [1.29, 1.82) is 0 Å². The van der Waals surface area contributed by atoms with Gasteiger partial charge in [-0.05, 0) is 106 Å². The van der Waals surface area contributed by atoms with E-state index in [-0.39, 0.29) is 34.8 Å². The van der Waals surface area contributed by atoms with Gasteiger partial charge >= 0.3 is 6.18 Å². The van der Waals surface area contributed by atoms with Crippen molar-refractivity contribution in [3.63, 3.8) is 0 Å². The highest BCUT2D eigenvalue weighted by Crippen LogP contribution is 2.61. The van der Waals surface area contributed by atoms with Crippen LogP contribution in [0.1, 0.15) is 74.2 Å². The van der Waals surface area contributed by atoms with E-state index < -0.39 is 11.7 Å². The third kappa shape index (κ3) is 4.40. The quantitative estimate of drug-likeness (QED) is 0.662. The standard InChI is InChI=1S/C26H33F3N2O2/c1-16(25-13-17-10-18(14-25)12-19(11-17)15-25)30-23(32)20-6-8-31(9-7-20)24(33)21-2-4-22(5-3-21)26(27,28)29/h2-5,16-20H,6-15H2,1H3,(H,30,32). The Morgan fingerprint density at radius 2 is 1.48 bits per heavy atom. The molecule has 1 unspecified atom stereocenters. The van der Waals surface area contributed by atoms with Crippen molar-refractivity contribution in [2.45, 2.75) is 70.5 Å². The summed E-state index contributed by atoms with van der Waals surface area (Å²) in [6.45, 7) is 3.09. The van der Waals surface area contributed by atoms with Gasteiger partial charge in [0.25, 0.3) is 5.91 Å². The summed E-state index contributed by atoms with van der Waals surface area (Å²) in [4.78, 5) is 27.4. The SMILES string of the molecule is CC(NC(=O)C1CCN(C(=O)c2ccc(C(F)(F)F)cc2)CC1)C12CC3CC(CC(C3)C1)C2. The number of rotatable bonds is 4. The highest BCUT2D eigenvalue weighted by Gasteiger charge is 2.53. The van der Waals surface area contributed by atoms with Crippen LogP contribution in [0.5, 0.6) is 0 Å². The van der Waals surface area contributed by atoms with Crippen molar-refractivity contribution in [2.24, 2.45) is 29.1 Å². The van der Waals surface area contributed by atoms with E-state index in [1.807, 2.05) is 0 Å². The number of halogens is 3. The van der Waals surface area contributed by atoms with Crippen LogP contribution in [-0.4, -0.2) is 35.8 Å². The number of nitrogens with zero attached hydrogens (tertiary/aromatic N) is 1. The van der Waals surface area contributed by atoms with Crippen molar-refractivity contribution in [3.8, 4) is 0 Å². The molecule has 4 bridgehead atoms. The minimum atomic E-state index is -4.42. The molecule has 7 heteroatoms. The van der Waals surface area contributed by atoms with E-state index in [1.165, 1.54) is 50.7 Å². The van der Waals surface area contributed by atoms with Gasteiger partial charge in [-0.25, -0.2) is 0 Å². The van der Waals surface area contributed by atoms with Crippen LogP contribution in [-0.2, 0) is 11.0 Å². The average molecular weight is 463 g/mol. The maximum Gasteiger partial charge on any atom is 0.416 e. The predicted octanol–water partition coefficient (Wildman–Crippen LogP) is 5.28. The molecule has 1 aromatic rings. The Balaban J connectivity index is 1.14. The number of hydrogen-bond acceptors (Lipinski definition) is 2. The lowest BCUT2D eigenvalue weighted by atomic mass is 9.48. The third-order valence-electron chi connectivity index (χ3n) is 8.98. The number of likely N-dealkylation sites (tertiary alicyclic amines) is 1. The topological polar surface area (TPSA) is 49.4 Å². The largest absolute Gasteiger partial charge is 0.416 e. The van der Waals surface area contributed by atoms with Gasteiger partial charge < -0.3 is 10.2 Å². The number of hydrogen-bond donors (Lipinski definition) is 1. The van der Waals surface area contributed by atoms with E-state index in [2.05, 4.69) is 12.2 Å². The van der Waals surface area contributed by atoms with Gasteiger partial charge in [-0.3, -0.25) is 9.59 Å². The van der Waals surface area contributed by atoms with Crippen LogP contribution in [0.3, 0.4) is 0 Å². The van der Waals surface area contributed by atoms with Crippen LogP contribution < -0.4 is 5.32 Å². The number of nitrogens with one attached hydrogen (secondary N) is 1. The molecular weight excluding hydrogens is 429 g/mol. The zero-order valence-corrected chi connectivity index (χ0v) is 19.2. The number of piperidine rings is 1. The molecule has 2 amide bonds. The number of amides is 2. The van der Waals surface area contributed by atoms with Crippen LogP contribution in [0.4, 0.5) is 13.2 Å². The minimum absolute atomic E-state index is 0.0971. The van der Waals surface area contributed by atoms with E-state index in [0.717, 1.165) is 29.9 Å². The molecule has 1 N–H and O–H groups in total. The fraction of sp³-hybridized carbons (Fsp3) is 0.692. The van der Waals surface area contributed by atoms with Crippen LogP contribution in [0.2, 0.25) is 0 Å². The van der Waals surface area contributed by atoms with Crippen LogP contribution in [0.15, 0.2) is 24.3 Å². The normalized spacial score (nSPS) is 32.6.